The highest BCUT2D eigenvalue weighted by molar-refractivity contribution is 5.76. The number of hydrogen-bond acceptors (Lipinski definition) is 1. The Bertz CT molecular complexity index is 923. The third-order valence-corrected chi connectivity index (χ3v) is 3.29. The number of hydrogen-bond donors (Lipinski definition) is 0. The molecule has 0 spiro atoms. The monoisotopic (exact) mass is 282 g/mol. The molecular weight excluding hydrogens is 261 g/mol. The lowest BCUT2D eigenvalue weighted by Crippen LogP contribution is -1.97. The molecule has 1 aromatic heterocycles. The molecule has 0 atom stereocenters. The van der Waals surface area contributed by atoms with Crippen LogP contribution in [0.2, 0.25) is 0 Å². The lowest BCUT2D eigenvalue weighted by Gasteiger charge is -2.13. The van der Waals surface area contributed by atoms with Crippen molar-refractivity contribution in [2.75, 3.05) is 0 Å². The van der Waals surface area contributed by atoms with Crippen LogP contribution >= 0.6 is 0 Å². The molecule has 0 N–H and O–H groups in total. The molecule has 2 heteroatoms. The van der Waals surface area contributed by atoms with Gasteiger partial charge in [0.2, 0.25) is 0 Å². The number of nitrogens with zero attached hydrogens (tertiary/aromatic N) is 1. The van der Waals surface area contributed by atoms with Crippen molar-refractivity contribution in [1.82, 2.24) is 4.98 Å². The maximum absolute atomic E-state index is 14.4. The van der Waals surface area contributed by atoms with E-state index in [4.69, 9.17) is 6.85 Å². The Hall–Kier alpha value is -2.48. The number of benzene rings is 2. The van der Waals surface area contributed by atoms with Gasteiger partial charge in [-0.05, 0) is 41.3 Å². The summed E-state index contributed by atoms with van der Waals surface area (Å²) in [7, 11) is 0. The zero-order valence-electron chi connectivity index (χ0n) is 16.2. The van der Waals surface area contributed by atoms with Crippen LogP contribution in [-0.4, -0.2) is 4.98 Å². The molecule has 3 aromatic rings. The second kappa shape index (κ2) is 5.88. The normalized spacial score (nSPS) is 15.4. The van der Waals surface area contributed by atoms with Gasteiger partial charge in [0.25, 0.3) is 0 Å². The van der Waals surface area contributed by atoms with E-state index >= 15 is 0 Å². The molecular formula is C19H16FN. The largest absolute Gasteiger partial charge is 0.256 e. The summed E-state index contributed by atoms with van der Waals surface area (Å²) >= 11 is 0. The lowest BCUT2D eigenvalue weighted by molar-refractivity contribution is 0.630. The minimum Gasteiger partial charge on any atom is -0.256 e. The van der Waals surface area contributed by atoms with Crippen molar-refractivity contribution in [3.8, 4) is 22.4 Å². The fourth-order valence-corrected chi connectivity index (χ4v) is 2.30. The van der Waals surface area contributed by atoms with Gasteiger partial charge in [-0.3, -0.25) is 4.98 Å². The van der Waals surface area contributed by atoms with Gasteiger partial charge in [0.15, 0.2) is 0 Å². The molecule has 0 saturated heterocycles. The molecule has 0 aliphatic rings. The Kier molecular flexibility index (Phi) is 2.44. The first kappa shape index (κ1) is 8.73. The molecule has 3 rings (SSSR count). The summed E-state index contributed by atoms with van der Waals surface area (Å²) < 4.78 is 54.0. The molecule has 1 nitrogen and oxygen atoms in total. The highest BCUT2D eigenvalue weighted by atomic mass is 19.1. The molecule has 1 heterocycles. The lowest BCUT2D eigenvalue weighted by atomic mass is 9.94. The van der Waals surface area contributed by atoms with E-state index in [0.717, 1.165) is 0 Å². The summed E-state index contributed by atoms with van der Waals surface area (Å²) in [4.78, 5) is 4.15. The fraction of sp³-hybridized carbons (Fsp3) is 0.105. The van der Waals surface area contributed by atoms with Crippen molar-refractivity contribution in [1.29, 1.82) is 0 Å². The summed E-state index contributed by atoms with van der Waals surface area (Å²) in [5.74, 6) is -0.590. The smallest absolute Gasteiger partial charge is 0.132 e. The van der Waals surface area contributed by atoms with Gasteiger partial charge in [0.1, 0.15) is 5.82 Å². The van der Waals surface area contributed by atoms with E-state index in [-0.39, 0.29) is 16.8 Å². The topological polar surface area (TPSA) is 12.9 Å². The van der Waals surface area contributed by atoms with E-state index in [2.05, 4.69) is 4.98 Å². The SMILES string of the molecule is [2H]C([2H])([2H])C([2H])([2H])c1c(-c2ccccc2)ccnc1-c1ccccc1F. The van der Waals surface area contributed by atoms with Gasteiger partial charge >= 0.3 is 0 Å². The average molecular weight is 282 g/mol. The van der Waals surface area contributed by atoms with Crippen LogP contribution in [0.3, 0.4) is 0 Å². The standard InChI is InChI=1S/C19H16FN/c1-2-15-16(14-8-4-3-5-9-14)12-13-21-19(15)17-10-6-7-11-18(17)20/h3-13H,2H2,1H3/i1D3,2D2. The van der Waals surface area contributed by atoms with Crippen molar-refractivity contribution in [3.63, 3.8) is 0 Å². The third kappa shape index (κ3) is 2.57. The summed E-state index contributed by atoms with van der Waals surface area (Å²) in [6, 6.07) is 16.2. The Morgan fingerprint density at radius 3 is 2.52 bits per heavy atom. The van der Waals surface area contributed by atoms with Crippen LogP contribution < -0.4 is 0 Å². The molecule has 0 amide bonds. The van der Waals surface area contributed by atoms with Crippen LogP contribution in [0.15, 0.2) is 66.9 Å². The number of pyridine rings is 1. The van der Waals surface area contributed by atoms with E-state index in [1.54, 1.807) is 42.5 Å². The van der Waals surface area contributed by atoms with Gasteiger partial charge in [-0.15, -0.1) is 0 Å². The first-order chi connectivity index (χ1) is 12.2. The summed E-state index contributed by atoms with van der Waals surface area (Å²) in [6.45, 7) is -2.94. The summed E-state index contributed by atoms with van der Waals surface area (Å²) in [5, 5.41) is 0. The molecule has 0 saturated carbocycles. The van der Waals surface area contributed by atoms with Gasteiger partial charge < -0.3 is 0 Å². The van der Waals surface area contributed by atoms with Gasteiger partial charge in [-0.2, -0.15) is 0 Å². The zero-order valence-corrected chi connectivity index (χ0v) is 11.2. The molecule has 0 radical (unpaired) electrons. The maximum Gasteiger partial charge on any atom is 0.132 e. The number of rotatable bonds is 3. The predicted molar refractivity (Wildman–Crippen MR) is 84.4 cm³/mol. The van der Waals surface area contributed by atoms with Gasteiger partial charge in [0.05, 0.1) is 5.69 Å². The fourth-order valence-electron chi connectivity index (χ4n) is 2.30. The molecule has 0 bridgehead atoms. The van der Waals surface area contributed by atoms with Crippen LogP contribution in [0.4, 0.5) is 4.39 Å². The minimum absolute atomic E-state index is 0.00872. The molecule has 21 heavy (non-hydrogen) atoms. The Labute approximate surface area is 131 Å². The van der Waals surface area contributed by atoms with E-state index in [0.29, 0.717) is 11.1 Å². The van der Waals surface area contributed by atoms with Gasteiger partial charge in [0, 0.05) is 18.6 Å². The maximum atomic E-state index is 14.4. The van der Waals surface area contributed by atoms with Crippen LogP contribution in [0.1, 0.15) is 19.3 Å². The van der Waals surface area contributed by atoms with Crippen molar-refractivity contribution in [3.05, 3.63) is 78.2 Å². The molecule has 0 aliphatic heterocycles. The summed E-state index contributed by atoms with van der Waals surface area (Å²) in [5.41, 5.74) is 0.922. The number of halogens is 1. The second-order valence-electron chi connectivity index (χ2n) is 4.55. The highest BCUT2D eigenvalue weighted by Gasteiger charge is 2.14. The van der Waals surface area contributed by atoms with Crippen molar-refractivity contribution < 1.29 is 11.2 Å². The van der Waals surface area contributed by atoms with Crippen molar-refractivity contribution in [2.24, 2.45) is 0 Å². The van der Waals surface area contributed by atoms with Gasteiger partial charge in [-0.25, -0.2) is 4.39 Å². The van der Waals surface area contributed by atoms with Crippen LogP contribution in [0.25, 0.3) is 22.4 Å². The van der Waals surface area contributed by atoms with E-state index < -0.39 is 19.0 Å². The van der Waals surface area contributed by atoms with Crippen LogP contribution in [0, 0.1) is 5.82 Å². The van der Waals surface area contributed by atoms with Crippen LogP contribution in [-0.2, 0) is 6.37 Å². The minimum atomic E-state index is -2.94. The Morgan fingerprint density at radius 1 is 1.00 bits per heavy atom. The molecule has 2 aromatic carbocycles. The molecule has 104 valence electrons. The molecule has 0 fully saturated rings. The van der Waals surface area contributed by atoms with E-state index in [1.807, 2.05) is 0 Å². The molecule has 0 unspecified atom stereocenters. The van der Waals surface area contributed by atoms with Gasteiger partial charge in [-0.1, -0.05) is 49.3 Å². The summed E-state index contributed by atoms with van der Waals surface area (Å²) in [6.07, 6.45) is -1.28. The van der Waals surface area contributed by atoms with Crippen molar-refractivity contribution in [2.45, 2.75) is 13.2 Å². The first-order valence-electron chi connectivity index (χ1n) is 9.03. The van der Waals surface area contributed by atoms with Crippen LogP contribution in [0.5, 0.6) is 0 Å². The second-order valence-corrected chi connectivity index (χ2v) is 4.55. The Balaban J connectivity index is 2.39. The first-order valence-corrected chi connectivity index (χ1v) is 6.53. The number of aromatic nitrogens is 1. The zero-order chi connectivity index (χ0) is 18.9. The predicted octanol–water partition coefficient (Wildman–Crippen LogP) is 5.12. The average Bonchev–Trinajstić information content (AvgIpc) is 2.61. The quantitative estimate of drug-likeness (QED) is 0.650. The molecule has 0 aliphatic carbocycles. The van der Waals surface area contributed by atoms with E-state index in [9.17, 15) is 4.39 Å². The van der Waals surface area contributed by atoms with E-state index in [1.165, 1.54) is 24.4 Å². The Morgan fingerprint density at radius 2 is 1.76 bits per heavy atom. The van der Waals surface area contributed by atoms with Crippen molar-refractivity contribution >= 4 is 0 Å². The third-order valence-electron chi connectivity index (χ3n) is 3.29. The highest BCUT2D eigenvalue weighted by Crippen LogP contribution is 2.32.